The molecule has 8 heteroatoms. The summed E-state index contributed by atoms with van der Waals surface area (Å²) in [5, 5.41) is 3.09. The maximum absolute atomic E-state index is 12.7. The van der Waals surface area contributed by atoms with Crippen LogP contribution < -0.4 is 10.2 Å². The number of rotatable bonds is 6. The van der Waals surface area contributed by atoms with Crippen molar-refractivity contribution in [2.24, 2.45) is 0 Å². The molecule has 0 spiro atoms. The summed E-state index contributed by atoms with van der Waals surface area (Å²) < 4.78 is 38.0. The lowest BCUT2D eigenvalue weighted by Gasteiger charge is -2.25. The Labute approximate surface area is 120 Å². The fourth-order valence-electron chi connectivity index (χ4n) is 1.84. The average molecular weight is 309 g/mol. The van der Waals surface area contributed by atoms with Crippen LogP contribution in [0.5, 0.6) is 0 Å². The molecule has 0 radical (unpaired) electrons. The van der Waals surface area contributed by atoms with Crippen LogP contribution in [0.3, 0.4) is 0 Å². The third-order valence-electron chi connectivity index (χ3n) is 2.87. The van der Waals surface area contributed by atoms with E-state index in [1.54, 1.807) is 0 Å². The number of hydrogen-bond donors (Lipinski definition) is 1. The van der Waals surface area contributed by atoms with Crippen molar-refractivity contribution in [1.29, 1.82) is 0 Å². The molecule has 4 nitrogen and oxygen atoms in total. The first-order chi connectivity index (χ1) is 9.40. The lowest BCUT2D eigenvalue weighted by molar-refractivity contribution is -0.120. The van der Waals surface area contributed by atoms with Crippen LogP contribution in [-0.2, 0) is 0 Å². The summed E-state index contributed by atoms with van der Waals surface area (Å²) in [6.45, 7) is 1.59. The highest BCUT2D eigenvalue weighted by Crippen LogP contribution is 2.36. The fraction of sp³-hybridized carbons (Fsp3) is 0.667. The van der Waals surface area contributed by atoms with E-state index in [-0.39, 0.29) is 16.9 Å². The molecule has 1 N–H and O–H groups in total. The summed E-state index contributed by atoms with van der Waals surface area (Å²) in [6, 6.07) is -0.136. The van der Waals surface area contributed by atoms with E-state index in [2.05, 4.69) is 15.3 Å². The van der Waals surface area contributed by atoms with Gasteiger partial charge < -0.3 is 10.2 Å². The zero-order valence-electron chi connectivity index (χ0n) is 11.0. The number of hydrogen-bond acceptors (Lipinski definition) is 4. The second kappa shape index (κ2) is 6.03. The summed E-state index contributed by atoms with van der Waals surface area (Å²) >= 11 is 5.96. The summed E-state index contributed by atoms with van der Waals surface area (Å²) in [7, 11) is 0. The lowest BCUT2D eigenvalue weighted by atomic mass is 10.4. The maximum atomic E-state index is 12.7. The van der Waals surface area contributed by atoms with Gasteiger partial charge in [0.1, 0.15) is 11.6 Å². The molecule has 1 saturated carbocycles. The Kier molecular flexibility index (Phi) is 4.57. The number of nitrogens with zero attached hydrogens (tertiary/aromatic N) is 3. The largest absolute Gasteiger partial charge is 0.405 e. The van der Waals surface area contributed by atoms with Crippen LogP contribution in [0.4, 0.5) is 24.9 Å². The molecule has 0 unspecified atom stereocenters. The average Bonchev–Trinajstić information content (AvgIpc) is 3.18. The van der Waals surface area contributed by atoms with Crippen molar-refractivity contribution >= 4 is 23.4 Å². The van der Waals surface area contributed by atoms with Crippen molar-refractivity contribution in [2.75, 3.05) is 23.3 Å². The van der Waals surface area contributed by atoms with Crippen LogP contribution in [0.25, 0.3) is 0 Å². The quantitative estimate of drug-likeness (QED) is 0.873. The molecule has 0 aliphatic heterocycles. The molecule has 0 saturated heterocycles. The Morgan fingerprint density at radius 2 is 2.15 bits per heavy atom. The van der Waals surface area contributed by atoms with Crippen molar-refractivity contribution < 1.29 is 13.2 Å². The van der Waals surface area contributed by atoms with Crippen LogP contribution >= 0.6 is 11.6 Å². The molecule has 0 bridgehead atoms. The highest BCUT2D eigenvalue weighted by molar-refractivity contribution is 6.32. The molecule has 1 aromatic rings. The van der Waals surface area contributed by atoms with Gasteiger partial charge in [0.15, 0.2) is 5.82 Å². The van der Waals surface area contributed by atoms with E-state index in [4.69, 9.17) is 11.6 Å². The first-order valence-corrected chi connectivity index (χ1v) is 6.88. The molecule has 1 heterocycles. The molecular formula is C12H16ClF3N4. The Balaban J connectivity index is 2.22. The fourth-order valence-corrected chi connectivity index (χ4v) is 2.04. The lowest BCUT2D eigenvalue weighted by Crippen LogP contribution is -2.36. The smallest absolute Gasteiger partial charge is 0.354 e. The van der Waals surface area contributed by atoms with Crippen molar-refractivity contribution in [2.45, 2.75) is 38.4 Å². The van der Waals surface area contributed by atoms with E-state index in [1.807, 2.05) is 6.92 Å². The van der Waals surface area contributed by atoms with Gasteiger partial charge in [-0.1, -0.05) is 18.5 Å². The van der Waals surface area contributed by atoms with E-state index in [9.17, 15) is 13.2 Å². The predicted octanol–water partition coefficient (Wildman–Crippen LogP) is 3.48. The minimum Gasteiger partial charge on any atom is -0.354 e. The number of aromatic nitrogens is 2. The van der Waals surface area contributed by atoms with Crippen LogP contribution in [0.2, 0.25) is 5.02 Å². The third kappa shape index (κ3) is 4.13. The molecule has 0 amide bonds. The van der Waals surface area contributed by atoms with Crippen LogP contribution in [0, 0.1) is 0 Å². The van der Waals surface area contributed by atoms with E-state index in [0.29, 0.717) is 12.5 Å². The molecule has 1 aliphatic rings. The minimum absolute atomic E-state index is 0.136. The maximum Gasteiger partial charge on any atom is 0.405 e. The van der Waals surface area contributed by atoms with Gasteiger partial charge in [0.2, 0.25) is 5.95 Å². The van der Waals surface area contributed by atoms with Gasteiger partial charge in [-0.3, -0.25) is 0 Å². The van der Waals surface area contributed by atoms with Crippen molar-refractivity contribution in [3.05, 3.63) is 11.2 Å². The highest BCUT2D eigenvalue weighted by Gasteiger charge is 2.39. The third-order valence-corrected chi connectivity index (χ3v) is 3.13. The van der Waals surface area contributed by atoms with Crippen molar-refractivity contribution in [3.8, 4) is 0 Å². The molecule has 1 aliphatic carbocycles. The summed E-state index contributed by atoms with van der Waals surface area (Å²) in [5.41, 5.74) is 0. The van der Waals surface area contributed by atoms with Crippen LogP contribution in [0.15, 0.2) is 6.20 Å². The molecule has 1 aromatic heterocycles. The number of nitrogens with one attached hydrogen (secondary N) is 1. The molecule has 20 heavy (non-hydrogen) atoms. The van der Waals surface area contributed by atoms with Crippen LogP contribution in [0.1, 0.15) is 26.2 Å². The van der Waals surface area contributed by atoms with Gasteiger partial charge in [0, 0.05) is 12.6 Å². The second-order valence-electron chi connectivity index (χ2n) is 4.77. The molecule has 112 valence electrons. The first kappa shape index (κ1) is 15.2. The van der Waals surface area contributed by atoms with E-state index < -0.39 is 12.7 Å². The van der Waals surface area contributed by atoms with E-state index >= 15 is 0 Å². The summed E-state index contributed by atoms with van der Waals surface area (Å²) in [6.07, 6.45) is -0.611. The zero-order chi connectivity index (χ0) is 14.8. The Bertz CT molecular complexity index is 463. The Hall–Kier alpha value is -1.24. The van der Waals surface area contributed by atoms with Gasteiger partial charge in [-0.2, -0.15) is 18.2 Å². The van der Waals surface area contributed by atoms with E-state index in [1.165, 1.54) is 11.1 Å². The monoisotopic (exact) mass is 308 g/mol. The van der Waals surface area contributed by atoms with Gasteiger partial charge in [-0.05, 0) is 19.3 Å². The summed E-state index contributed by atoms with van der Waals surface area (Å²) in [5.74, 6) is 0.458. The second-order valence-corrected chi connectivity index (χ2v) is 5.17. The number of anilines is 2. The molecular weight excluding hydrogens is 293 g/mol. The van der Waals surface area contributed by atoms with Gasteiger partial charge in [0.25, 0.3) is 0 Å². The van der Waals surface area contributed by atoms with Crippen LogP contribution in [-0.4, -0.2) is 35.3 Å². The van der Waals surface area contributed by atoms with Gasteiger partial charge in [0.05, 0.1) is 6.20 Å². The minimum atomic E-state index is -4.28. The molecule has 0 atom stereocenters. The number of alkyl halides is 3. The summed E-state index contributed by atoms with van der Waals surface area (Å²) in [4.78, 5) is 9.32. The zero-order valence-corrected chi connectivity index (χ0v) is 11.8. The number of halogens is 4. The molecule has 2 rings (SSSR count). The van der Waals surface area contributed by atoms with E-state index in [0.717, 1.165) is 19.3 Å². The standard InChI is InChI=1S/C12H16ClF3N4/c1-2-5-17-11-18-6-9(13)10(19-11)20(8-3-4-8)7-12(14,15)16/h6,8H,2-5,7H2,1H3,(H,17,18,19). The van der Waals surface area contributed by atoms with Gasteiger partial charge in [-0.15, -0.1) is 0 Å². The molecule has 0 aromatic carbocycles. The topological polar surface area (TPSA) is 41.1 Å². The van der Waals surface area contributed by atoms with Gasteiger partial charge in [-0.25, -0.2) is 4.98 Å². The first-order valence-electron chi connectivity index (χ1n) is 6.50. The Morgan fingerprint density at radius 1 is 1.45 bits per heavy atom. The predicted molar refractivity (Wildman–Crippen MR) is 72.2 cm³/mol. The molecule has 1 fully saturated rings. The SMILES string of the molecule is CCCNc1ncc(Cl)c(N(CC(F)(F)F)C2CC2)n1. The van der Waals surface area contributed by atoms with Crippen molar-refractivity contribution in [1.82, 2.24) is 9.97 Å². The normalized spacial score (nSPS) is 15.2. The van der Waals surface area contributed by atoms with Gasteiger partial charge >= 0.3 is 6.18 Å². The highest BCUT2D eigenvalue weighted by atomic mass is 35.5. The Morgan fingerprint density at radius 3 is 2.70 bits per heavy atom. The van der Waals surface area contributed by atoms with Crippen molar-refractivity contribution in [3.63, 3.8) is 0 Å².